The third kappa shape index (κ3) is 2.03. The van der Waals surface area contributed by atoms with Crippen molar-refractivity contribution in [1.29, 1.82) is 0 Å². The first-order chi connectivity index (χ1) is 11.6. The van der Waals surface area contributed by atoms with Gasteiger partial charge in [-0.3, -0.25) is 4.79 Å². The molecule has 3 aromatic rings. The summed E-state index contributed by atoms with van der Waals surface area (Å²) in [5.41, 5.74) is 4.49. The van der Waals surface area contributed by atoms with Gasteiger partial charge in [0.2, 0.25) is 0 Å². The summed E-state index contributed by atoms with van der Waals surface area (Å²) >= 11 is 0. The van der Waals surface area contributed by atoms with Crippen molar-refractivity contribution in [3.63, 3.8) is 0 Å². The molecule has 0 unspecified atom stereocenters. The molecule has 4 rings (SSSR count). The molecule has 122 valence electrons. The number of fused-ring (bicyclic) bond motifs is 5. The first kappa shape index (κ1) is 14.8. The monoisotopic (exact) mass is 321 g/mol. The number of hydrogen-bond donors (Lipinski definition) is 2. The molecule has 0 saturated carbocycles. The minimum Gasteiger partial charge on any atom is -0.508 e. The van der Waals surface area contributed by atoms with E-state index in [1.807, 2.05) is 12.1 Å². The highest BCUT2D eigenvalue weighted by atomic mass is 16.3. The van der Waals surface area contributed by atoms with Crippen LogP contribution in [0.25, 0.3) is 22.2 Å². The second-order valence-electron chi connectivity index (χ2n) is 6.44. The van der Waals surface area contributed by atoms with Crippen molar-refractivity contribution < 1.29 is 15.0 Å². The van der Waals surface area contributed by atoms with Gasteiger partial charge in [-0.15, -0.1) is 0 Å². The number of hydrogen-bond acceptors (Lipinski definition) is 3. The topological polar surface area (TPSA) is 62.5 Å². The smallest absolute Gasteiger partial charge is 0.152 e. The Bertz CT molecular complexity index is 955. The number of aromatic hydroxyl groups is 2. The number of rotatable bonds is 3. The van der Waals surface area contributed by atoms with Crippen LogP contribution in [0.15, 0.2) is 36.4 Å². The Morgan fingerprint density at radius 3 is 2.67 bits per heavy atom. The first-order valence-corrected chi connectivity index (χ1v) is 8.28. The van der Waals surface area contributed by atoms with Crippen LogP contribution in [0.2, 0.25) is 0 Å². The van der Waals surface area contributed by atoms with E-state index in [1.165, 1.54) is 0 Å². The van der Waals surface area contributed by atoms with Crippen LogP contribution >= 0.6 is 0 Å². The zero-order chi connectivity index (χ0) is 16.8. The minimum atomic E-state index is 0.201. The number of benzene rings is 2. The van der Waals surface area contributed by atoms with Gasteiger partial charge in [0.15, 0.2) is 6.29 Å². The summed E-state index contributed by atoms with van der Waals surface area (Å²) in [6.45, 7) is 2.14. The summed E-state index contributed by atoms with van der Waals surface area (Å²) in [7, 11) is 0. The largest absolute Gasteiger partial charge is 0.508 e. The summed E-state index contributed by atoms with van der Waals surface area (Å²) in [4.78, 5) is 11.9. The van der Waals surface area contributed by atoms with Crippen molar-refractivity contribution in [3.8, 4) is 22.8 Å². The maximum Gasteiger partial charge on any atom is 0.152 e. The first-order valence-electron chi connectivity index (χ1n) is 8.28. The molecule has 0 spiro atoms. The highest BCUT2D eigenvalue weighted by Gasteiger charge is 2.29. The van der Waals surface area contributed by atoms with Gasteiger partial charge in [0.25, 0.3) is 0 Å². The van der Waals surface area contributed by atoms with Gasteiger partial charge in [0.1, 0.15) is 11.5 Å². The fourth-order valence-electron chi connectivity index (χ4n) is 3.99. The van der Waals surface area contributed by atoms with E-state index >= 15 is 0 Å². The highest BCUT2D eigenvalue weighted by Crippen LogP contribution is 2.44. The molecule has 1 aromatic heterocycles. The van der Waals surface area contributed by atoms with E-state index in [2.05, 4.69) is 11.5 Å². The van der Waals surface area contributed by atoms with Crippen molar-refractivity contribution in [2.45, 2.75) is 32.2 Å². The summed E-state index contributed by atoms with van der Waals surface area (Å²) in [6.07, 6.45) is 3.70. The van der Waals surface area contributed by atoms with Crippen molar-refractivity contribution in [1.82, 2.24) is 4.57 Å². The van der Waals surface area contributed by atoms with Crippen LogP contribution in [-0.2, 0) is 6.42 Å². The molecule has 0 saturated heterocycles. The van der Waals surface area contributed by atoms with Crippen LogP contribution in [0.1, 0.15) is 41.7 Å². The minimum absolute atomic E-state index is 0.201. The molecular weight excluding hydrogens is 302 g/mol. The van der Waals surface area contributed by atoms with Crippen molar-refractivity contribution in [2.24, 2.45) is 0 Å². The van der Waals surface area contributed by atoms with Crippen LogP contribution in [0.4, 0.5) is 0 Å². The molecule has 1 aliphatic heterocycles. The molecule has 0 radical (unpaired) electrons. The van der Waals surface area contributed by atoms with E-state index in [0.29, 0.717) is 5.56 Å². The zero-order valence-electron chi connectivity index (χ0n) is 13.5. The van der Waals surface area contributed by atoms with Gasteiger partial charge in [-0.25, -0.2) is 0 Å². The second kappa shape index (κ2) is 5.41. The maximum absolute atomic E-state index is 11.9. The van der Waals surface area contributed by atoms with Gasteiger partial charge < -0.3 is 14.8 Å². The number of nitrogens with zero attached hydrogens (tertiary/aromatic N) is 1. The van der Waals surface area contributed by atoms with Gasteiger partial charge in [-0.2, -0.15) is 0 Å². The number of aromatic nitrogens is 1. The van der Waals surface area contributed by atoms with Crippen molar-refractivity contribution in [3.05, 3.63) is 47.5 Å². The van der Waals surface area contributed by atoms with E-state index in [-0.39, 0.29) is 17.5 Å². The molecule has 4 nitrogen and oxygen atoms in total. The summed E-state index contributed by atoms with van der Waals surface area (Å²) in [5, 5.41) is 20.6. The third-order valence-electron chi connectivity index (χ3n) is 4.93. The standard InChI is InChI=1S/C20H19NO3/c1-2-3-13-8-12-9-14(23)4-6-16(12)20-18(11-22)17-7-5-15(24)10-19(17)21(13)20/h4-7,9-11,13,23-24H,2-3,8H2,1H3/t13-/m1/s1. The molecule has 0 aliphatic carbocycles. The fraction of sp³-hybridized carbons (Fsp3) is 0.250. The van der Waals surface area contributed by atoms with Crippen molar-refractivity contribution in [2.75, 3.05) is 0 Å². The molecular formula is C20H19NO3. The van der Waals surface area contributed by atoms with Gasteiger partial charge in [-0.05, 0) is 48.7 Å². The average molecular weight is 321 g/mol. The molecule has 2 aromatic carbocycles. The quantitative estimate of drug-likeness (QED) is 0.702. The number of phenols is 2. The molecule has 24 heavy (non-hydrogen) atoms. The Balaban J connectivity index is 2.12. The predicted molar refractivity (Wildman–Crippen MR) is 93.7 cm³/mol. The molecule has 2 heterocycles. The number of carbonyl (C=O) groups excluding carboxylic acids is 1. The second-order valence-corrected chi connectivity index (χ2v) is 6.44. The van der Waals surface area contributed by atoms with Crippen LogP contribution in [0.5, 0.6) is 11.5 Å². The fourth-order valence-corrected chi connectivity index (χ4v) is 3.99. The predicted octanol–water partition coefficient (Wildman–Crippen LogP) is 4.43. The molecule has 4 heteroatoms. The lowest BCUT2D eigenvalue weighted by atomic mass is 9.90. The Kier molecular flexibility index (Phi) is 3.34. The van der Waals surface area contributed by atoms with Gasteiger partial charge in [0.05, 0.1) is 11.2 Å². The molecule has 0 fully saturated rings. The van der Waals surface area contributed by atoms with Crippen LogP contribution in [0, 0.1) is 0 Å². The number of aldehydes is 1. The Morgan fingerprint density at radius 1 is 1.17 bits per heavy atom. The molecule has 2 N–H and O–H groups in total. The number of phenolic OH excluding ortho intramolecular Hbond substituents is 2. The van der Waals surface area contributed by atoms with Crippen molar-refractivity contribution >= 4 is 17.2 Å². The average Bonchev–Trinajstić information content (AvgIpc) is 2.88. The van der Waals surface area contributed by atoms with Gasteiger partial charge in [-0.1, -0.05) is 13.3 Å². The normalized spacial score (nSPS) is 16.0. The van der Waals surface area contributed by atoms with E-state index in [9.17, 15) is 15.0 Å². The molecule has 0 amide bonds. The molecule has 1 atom stereocenters. The maximum atomic E-state index is 11.9. The Labute approximate surface area is 140 Å². The molecule has 1 aliphatic rings. The summed E-state index contributed by atoms with van der Waals surface area (Å²) in [5.74, 6) is 0.450. The van der Waals surface area contributed by atoms with Crippen LogP contribution < -0.4 is 0 Å². The summed E-state index contributed by atoms with van der Waals surface area (Å²) in [6, 6.07) is 10.7. The molecule has 0 bridgehead atoms. The lowest BCUT2D eigenvalue weighted by molar-refractivity contribution is 0.112. The van der Waals surface area contributed by atoms with Crippen LogP contribution in [0.3, 0.4) is 0 Å². The highest BCUT2D eigenvalue weighted by molar-refractivity contribution is 6.06. The van der Waals surface area contributed by atoms with E-state index in [0.717, 1.165) is 53.3 Å². The lowest BCUT2D eigenvalue weighted by Gasteiger charge is -2.29. The lowest BCUT2D eigenvalue weighted by Crippen LogP contribution is -2.18. The SMILES string of the molecule is CCC[C@@H]1Cc2cc(O)ccc2-c2c(C=O)c3ccc(O)cc3n21. The third-order valence-corrected chi connectivity index (χ3v) is 4.93. The Hall–Kier alpha value is -2.75. The zero-order valence-corrected chi connectivity index (χ0v) is 13.5. The van der Waals surface area contributed by atoms with E-state index < -0.39 is 0 Å². The van der Waals surface area contributed by atoms with E-state index in [4.69, 9.17) is 0 Å². The van der Waals surface area contributed by atoms with E-state index in [1.54, 1.807) is 24.3 Å². The number of carbonyl (C=O) groups is 1. The van der Waals surface area contributed by atoms with Gasteiger partial charge >= 0.3 is 0 Å². The Morgan fingerprint density at radius 2 is 1.92 bits per heavy atom. The van der Waals surface area contributed by atoms with Crippen LogP contribution in [-0.4, -0.2) is 21.1 Å². The van der Waals surface area contributed by atoms with Gasteiger partial charge in [0, 0.05) is 28.6 Å². The summed E-state index contributed by atoms with van der Waals surface area (Å²) < 4.78 is 2.20.